The Hall–Kier alpha value is -2.07. The molecule has 0 aliphatic heterocycles. The molecular weight excluding hydrogens is 657 g/mol. The van der Waals surface area contributed by atoms with Crippen LogP contribution < -0.4 is 5.73 Å². The minimum Gasteiger partial charge on any atom is -0.462 e. The number of aliphatic hydroxyl groups is 1. The highest BCUT2D eigenvalue weighted by atomic mass is 31.2. The summed E-state index contributed by atoms with van der Waals surface area (Å²) in [6.07, 6.45) is 34.7. The molecule has 0 rings (SSSR count). The number of ether oxygens (including phenoxy) is 2. The lowest BCUT2D eigenvalue weighted by Crippen LogP contribution is -2.29. The Labute approximate surface area is 303 Å². The number of carbonyl (C=O) groups is 2. The number of phosphoric ester groups is 1. The van der Waals surface area contributed by atoms with E-state index >= 15 is 0 Å². The van der Waals surface area contributed by atoms with Crippen molar-refractivity contribution in [2.24, 2.45) is 5.73 Å². The largest absolute Gasteiger partial charge is 0.472 e. The van der Waals surface area contributed by atoms with E-state index in [1.165, 1.54) is 51.4 Å². The summed E-state index contributed by atoms with van der Waals surface area (Å²) in [5.41, 5.74) is 5.32. The third-order valence-electron chi connectivity index (χ3n) is 7.79. The smallest absolute Gasteiger partial charge is 0.462 e. The summed E-state index contributed by atoms with van der Waals surface area (Å²) >= 11 is 0. The van der Waals surface area contributed by atoms with Crippen LogP contribution in [0.5, 0.6) is 0 Å². The Balaban J connectivity index is 4.42. The van der Waals surface area contributed by atoms with Crippen molar-refractivity contribution in [2.75, 3.05) is 26.4 Å². The second kappa shape index (κ2) is 35.3. The van der Waals surface area contributed by atoms with Gasteiger partial charge in [-0.05, 0) is 57.8 Å². The molecule has 2 unspecified atom stereocenters. The van der Waals surface area contributed by atoms with E-state index in [1.54, 1.807) is 12.2 Å². The maximum atomic E-state index is 12.5. The van der Waals surface area contributed by atoms with Crippen molar-refractivity contribution in [3.05, 3.63) is 48.6 Å². The van der Waals surface area contributed by atoms with Gasteiger partial charge in [0.2, 0.25) is 0 Å². The number of esters is 2. The quantitative estimate of drug-likeness (QED) is 0.0189. The van der Waals surface area contributed by atoms with Crippen molar-refractivity contribution < 1.29 is 42.7 Å². The lowest BCUT2D eigenvalue weighted by molar-refractivity contribution is -0.161. The van der Waals surface area contributed by atoms with Crippen LogP contribution in [0.4, 0.5) is 0 Å². The van der Waals surface area contributed by atoms with Crippen LogP contribution in [0.3, 0.4) is 0 Å². The van der Waals surface area contributed by atoms with Gasteiger partial charge in [0.25, 0.3) is 0 Å². The molecule has 0 saturated heterocycles. The van der Waals surface area contributed by atoms with Gasteiger partial charge in [-0.1, -0.05) is 127 Å². The summed E-state index contributed by atoms with van der Waals surface area (Å²) in [4.78, 5) is 34.7. The monoisotopic (exact) mass is 727 g/mol. The minimum absolute atomic E-state index is 0.0256. The molecule has 3 atom stereocenters. The molecule has 4 N–H and O–H groups in total. The summed E-state index contributed by atoms with van der Waals surface area (Å²) in [5.74, 6) is -1.04. The highest BCUT2D eigenvalue weighted by Gasteiger charge is 2.26. The molecule has 11 heteroatoms. The molecule has 0 aliphatic carbocycles. The Morgan fingerprint density at radius 2 is 1.30 bits per heavy atom. The molecule has 0 aliphatic rings. The Bertz CT molecular complexity index is 983. The summed E-state index contributed by atoms with van der Waals surface area (Å²) in [6.45, 7) is 3.43. The van der Waals surface area contributed by atoms with Crippen LogP contribution >= 0.6 is 7.82 Å². The standard InChI is InChI=1S/C39H70NO9P/c1-3-5-7-9-11-13-15-16-18-19-21-23-25-28-36(41)29-27-31-38(42)46-34-37(35-48-50(44,45)47-33-32-40)49-39(43)30-26-24-22-20-17-14-12-10-8-6-4-2/h10,12,16,18,21,23,25,28,36-37,41H,3-9,11,13-15,17,19-20,22,24,26-27,29-35,40H2,1-2H3,(H,44,45)/b12-10-,18-16+,23-21+,28-25+/t36?,37-/m1/s1. The lowest BCUT2D eigenvalue weighted by Gasteiger charge is -2.20. The van der Waals surface area contributed by atoms with Crippen molar-refractivity contribution in [1.29, 1.82) is 0 Å². The zero-order valence-corrected chi connectivity index (χ0v) is 32.1. The van der Waals surface area contributed by atoms with E-state index in [1.807, 2.05) is 12.2 Å². The zero-order chi connectivity index (χ0) is 37.0. The lowest BCUT2D eigenvalue weighted by atomic mass is 10.1. The van der Waals surface area contributed by atoms with Gasteiger partial charge in [-0.3, -0.25) is 18.6 Å². The van der Waals surface area contributed by atoms with Gasteiger partial charge in [-0.25, -0.2) is 4.57 Å². The van der Waals surface area contributed by atoms with E-state index in [2.05, 4.69) is 38.2 Å². The molecule has 0 spiro atoms. The number of hydrogen-bond acceptors (Lipinski definition) is 9. The van der Waals surface area contributed by atoms with Crippen molar-refractivity contribution in [3.63, 3.8) is 0 Å². The van der Waals surface area contributed by atoms with Crippen LogP contribution in [-0.2, 0) is 32.7 Å². The first-order valence-electron chi connectivity index (χ1n) is 19.2. The maximum absolute atomic E-state index is 12.5. The molecule has 10 nitrogen and oxygen atoms in total. The zero-order valence-electron chi connectivity index (χ0n) is 31.2. The third kappa shape index (κ3) is 34.4. The fraction of sp³-hybridized carbons (Fsp3) is 0.744. The molecule has 50 heavy (non-hydrogen) atoms. The number of nitrogens with two attached hydrogens (primary N) is 1. The number of phosphoric acid groups is 1. The van der Waals surface area contributed by atoms with Crippen LogP contribution in [0, 0.1) is 0 Å². The van der Waals surface area contributed by atoms with Gasteiger partial charge in [0.1, 0.15) is 6.61 Å². The van der Waals surface area contributed by atoms with Crippen molar-refractivity contribution in [3.8, 4) is 0 Å². The normalized spacial score (nSPS) is 14.6. The first-order valence-corrected chi connectivity index (χ1v) is 20.7. The molecule has 0 saturated carbocycles. The van der Waals surface area contributed by atoms with Gasteiger partial charge in [-0.15, -0.1) is 0 Å². The van der Waals surface area contributed by atoms with Gasteiger partial charge in [-0.2, -0.15) is 0 Å². The van der Waals surface area contributed by atoms with Crippen LogP contribution in [0.1, 0.15) is 149 Å². The molecule has 0 bridgehead atoms. The SMILES string of the molecule is CCCC/C=C\CCCCCCCC(=O)O[C@H](COC(=O)CCCC(O)/C=C/C=C/C/C=C/CCCCCCCC)COP(=O)(O)OCCN. The predicted molar refractivity (Wildman–Crippen MR) is 202 cm³/mol. The van der Waals surface area contributed by atoms with Crippen LogP contribution in [0.15, 0.2) is 48.6 Å². The average Bonchev–Trinajstić information content (AvgIpc) is 3.09. The first kappa shape index (κ1) is 47.9. The molecule has 0 amide bonds. The number of unbranched alkanes of at least 4 members (excludes halogenated alkanes) is 13. The number of carbonyl (C=O) groups excluding carboxylic acids is 2. The molecule has 0 heterocycles. The van der Waals surface area contributed by atoms with E-state index < -0.39 is 38.6 Å². The number of aliphatic hydroxyl groups excluding tert-OH is 1. The molecule has 0 aromatic heterocycles. The number of allylic oxidation sites excluding steroid dienone is 7. The van der Waals surface area contributed by atoms with Crippen LogP contribution in [0.25, 0.3) is 0 Å². The summed E-state index contributed by atoms with van der Waals surface area (Å²) < 4.78 is 32.5. The molecule has 0 aromatic carbocycles. The minimum atomic E-state index is -4.42. The topological polar surface area (TPSA) is 155 Å². The van der Waals surface area contributed by atoms with E-state index in [4.69, 9.17) is 24.3 Å². The summed E-state index contributed by atoms with van der Waals surface area (Å²) in [5, 5.41) is 10.2. The fourth-order valence-electron chi connectivity index (χ4n) is 4.86. The molecule has 0 fully saturated rings. The van der Waals surface area contributed by atoms with Crippen LogP contribution in [0.2, 0.25) is 0 Å². The molecule has 290 valence electrons. The Kier molecular flexibility index (Phi) is 33.9. The molecular formula is C39H70NO9P. The summed E-state index contributed by atoms with van der Waals surface area (Å²) in [6, 6.07) is 0. The van der Waals surface area contributed by atoms with Gasteiger partial charge in [0, 0.05) is 19.4 Å². The highest BCUT2D eigenvalue weighted by Crippen LogP contribution is 2.43. The van der Waals surface area contributed by atoms with E-state index in [-0.39, 0.29) is 32.6 Å². The van der Waals surface area contributed by atoms with Crippen molar-refractivity contribution in [1.82, 2.24) is 0 Å². The molecule has 0 aromatic rings. The third-order valence-corrected chi connectivity index (χ3v) is 8.78. The van der Waals surface area contributed by atoms with Crippen molar-refractivity contribution >= 4 is 19.8 Å². The van der Waals surface area contributed by atoms with E-state index in [9.17, 15) is 24.2 Å². The van der Waals surface area contributed by atoms with Gasteiger partial charge < -0.3 is 25.2 Å². The Morgan fingerprint density at radius 3 is 1.98 bits per heavy atom. The van der Waals surface area contributed by atoms with Crippen LogP contribution in [-0.4, -0.2) is 60.5 Å². The highest BCUT2D eigenvalue weighted by molar-refractivity contribution is 7.47. The van der Waals surface area contributed by atoms with E-state index in [0.717, 1.165) is 51.4 Å². The maximum Gasteiger partial charge on any atom is 0.472 e. The van der Waals surface area contributed by atoms with Crippen molar-refractivity contribution in [2.45, 2.75) is 161 Å². The Morgan fingerprint density at radius 1 is 0.700 bits per heavy atom. The second-order valence-electron chi connectivity index (χ2n) is 12.6. The number of hydrogen-bond donors (Lipinski definition) is 3. The van der Waals surface area contributed by atoms with E-state index in [0.29, 0.717) is 19.3 Å². The average molecular weight is 728 g/mol. The fourth-order valence-corrected chi connectivity index (χ4v) is 5.62. The first-order chi connectivity index (χ1) is 24.2. The summed E-state index contributed by atoms with van der Waals surface area (Å²) in [7, 11) is -4.42. The van der Waals surface area contributed by atoms with Gasteiger partial charge in [0.15, 0.2) is 6.10 Å². The second-order valence-corrected chi connectivity index (χ2v) is 14.1. The number of rotatable bonds is 35. The molecule has 0 radical (unpaired) electrons. The van der Waals surface area contributed by atoms with Gasteiger partial charge >= 0.3 is 19.8 Å². The van der Waals surface area contributed by atoms with Gasteiger partial charge in [0.05, 0.1) is 19.3 Å². The predicted octanol–water partition coefficient (Wildman–Crippen LogP) is 9.35.